The van der Waals surface area contributed by atoms with E-state index in [2.05, 4.69) is 33.8 Å². The monoisotopic (exact) mass is 307 g/mol. The lowest BCUT2D eigenvalue weighted by Gasteiger charge is -2.19. The van der Waals surface area contributed by atoms with Crippen molar-refractivity contribution in [1.29, 1.82) is 0 Å². The minimum Gasteiger partial charge on any atom is -0.369 e. The van der Waals surface area contributed by atoms with Crippen LogP contribution in [0.15, 0.2) is 35.3 Å². The van der Waals surface area contributed by atoms with Crippen LogP contribution < -0.4 is 5.73 Å². The number of nitrogens with zero attached hydrogens (tertiary/aromatic N) is 4. The predicted molar refractivity (Wildman–Crippen MR) is 96.0 cm³/mol. The van der Waals surface area contributed by atoms with E-state index in [0.29, 0.717) is 17.8 Å². The van der Waals surface area contributed by atoms with Crippen molar-refractivity contribution >= 4 is 29.0 Å². The Hall–Kier alpha value is -2.58. The van der Waals surface area contributed by atoms with E-state index in [0.717, 1.165) is 24.1 Å². The molecule has 2 heterocycles. The van der Waals surface area contributed by atoms with E-state index in [4.69, 9.17) is 12.2 Å². The van der Waals surface area contributed by atoms with Gasteiger partial charge in [-0.1, -0.05) is 18.1 Å². The summed E-state index contributed by atoms with van der Waals surface area (Å²) < 4.78 is 1.85. The maximum Gasteiger partial charge on any atom is 0.207 e. The van der Waals surface area contributed by atoms with Crippen molar-refractivity contribution in [3.05, 3.63) is 30.3 Å². The molecule has 5 heteroatoms. The highest BCUT2D eigenvalue weighted by molar-refractivity contribution is 5.86. The molecule has 3 rings (SSSR count). The van der Waals surface area contributed by atoms with Gasteiger partial charge in [-0.25, -0.2) is 9.98 Å². The van der Waals surface area contributed by atoms with E-state index >= 15 is 0 Å². The third kappa shape index (κ3) is 3.13. The fourth-order valence-electron chi connectivity index (χ4n) is 3.05. The average molecular weight is 307 g/mol. The van der Waals surface area contributed by atoms with Crippen LogP contribution in [0.2, 0.25) is 0 Å². The quantitative estimate of drug-likeness (QED) is 0.698. The van der Waals surface area contributed by atoms with Crippen molar-refractivity contribution in [2.75, 3.05) is 18.8 Å². The van der Waals surface area contributed by atoms with E-state index in [1.165, 1.54) is 19.1 Å². The maximum atomic E-state index is 6.11. The number of hydrogen-bond acceptors (Lipinski definition) is 4. The molecule has 0 saturated carbocycles. The first-order chi connectivity index (χ1) is 11.2. The normalized spacial score (nSPS) is 19.7. The first-order valence-corrected chi connectivity index (χ1v) is 7.87. The maximum absolute atomic E-state index is 6.11. The van der Waals surface area contributed by atoms with Gasteiger partial charge in [0.2, 0.25) is 5.95 Å². The Morgan fingerprint density at radius 2 is 2.35 bits per heavy atom. The molecule has 23 heavy (non-hydrogen) atoms. The van der Waals surface area contributed by atoms with Crippen LogP contribution in [0.25, 0.3) is 16.9 Å². The van der Waals surface area contributed by atoms with Crippen LogP contribution in [0.3, 0.4) is 0 Å². The van der Waals surface area contributed by atoms with Crippen LogP contribution in [-0.4, -0.2) is 39.8 Å². The molecule has 1 aromatic heterocycles. The highest BCUT2D eigenvalue weighted by Crippen LogP contribution is 2.23. The zero-order chi connectivity index (χ0) is 16.2. The van der Waals surface area contributed by atoms with Gasteiger partial charge >= 0.3 is 0 Å². The number of terminal acetylenes is 1. The molecule has 1 aliphatic heterocycles. The third-order valence-corrected chi connectivity index (χ3v) is 4.29. The summed E-state index contributed by atoms with van der Waals surface area (Å²) in [5.74, 6) is 3.58. The third-order valence-electron chi connectivity index (χ3n) is 4.29. The number of aliphatic imine (C=N–C) groups is 1. The zero-order valence-corrected chi connectivity index (χ0v) is 13.3. The van der Waals surface area contributed by atoms with Crippen molar-refractivity contribution in [2.45, 2.75) is 25.8 Å². The Morgan fingerprint density at radius 3 is 3.09 bits per heavy atom. The molecule has 1 atom stereocenters. The summed E-state index contributed by atoms with van der Waals surface area (Å²) in [5.41, 5.74) is 7.89. The molecule has 1 saturated heterocycles. The van der Waals surface area contributed by atoms with Gasteiger partial charge in [0, 0.05) is 12.6 Å². The van der Waals surface area contributed by atoms with Crippen molar-refractivity contribution in [3.8, 4) is 12.3 Å². The fourth-order valence-corrected chi connectivity index (χ4v) is 3.05. The summed E-state index contributed by atoms with van der Waals surface area (Å²) in [6.45, 7) is 4.19. The van der Waals surface area contributed by atoms with Crippen LogP contribution in [0, 0.1) is 12.3 Å². The summed E-state index contributed by atoms with van der Waals surface area (Å²) in [4.78, 5) is 11.2. The van der Waals surface area contributed by atoms with E-state index in [9.17, 15) is 0 Å². The predicted octanol–water partition coefficient (Wildman–Crippen LogP) is 2.61. The van der Waals surface area contributed by atoms with Crippen LogP contribution in [0.5, 0.6) is 0 Å². The first-order valence-electron chi connectivity index (χ1n) is 7.87. The second kappa shape index (κ2) is 6.67. The van der Waals surface area contributed by atoms with E-state index in [1.807, 2.05) is 28.8 Å². The van der Waals surface area contributed by atoms with Gasteiger partial charge in [0.05, 0.1) is 17.2 Å². The number of hydrogen-bond donors (Lipinski definition) is 1. The van der Waals surface area contributed by atoms with Gasteiger partial charge in [-0.2, -0.15) is 0 Å². The largest absolute Gasteiger partial charge is 0.369 e. The Labute approximate surface area is 136 Å². The Bertz CT molecular complexity index is 793. The van der Waals surface area contributed by atoms with Crippen LogP contribution in [0.4, 0.5) is 5.95 Å². The molecule has 1 aliphatic rings. The number of imidazole rings is 1. The molecule has 0 spiro atoms. The van der Waals surface area contributed by atoms with E-state index in [-0.39, 0.29) is 0 Å². The summed E-state index contributed by atoms with van der Waals surface area (Å²) >= 11 is 0. The second-order valence-corrected chi connectivity index (χ2v) is 5.77. The second-order valence-electron chi connectivity index (χ2n) is 5.77. The molecular weight excluding hydrogens is 286 g/mol. The summed E-state index contributed by atoms with van der Waals surface area (Å²) in [5, 5.41) is 0. The van der Waals surface area contributed by atoms with Crippen LogP contribution >= 0.6 is 0 Å². The van der Waals surface area contributed by atoms with Crippen molar-refractivity contribution in [1.82, 2.24) is 14.5 Å². The van der Waals surface area contributed by atoms with Gasteiger partial charge in [-0.05, 0) is 44.5 Å². The smallest absolute Gasteiger partial charge is 0.207 e. The number of aromatic nitrogens is 2. The van der Waals surface area contributed by atoms with Gasteiger partial charge in [0.15, 0.2) is 0 Å². The number of nitrogens with two attached hydrogens (primary N) is 1. The average Bonchev–Trinajstić information content (AvgIpc) is 3.10. The molecule has 1 unspecified atom stereocenters. The summed E-state index contributed by atoms with van der Waals surface area (Å²) in [7, 11) is 0. The number of fused-ring (bicyclic) bond motifs is 1. The summed E-state index contributed by atoms with van der Waals surface area (Å²) in [6.07, 6.45) is 11.3. The molecule has 118 valence electrons. The Kier molecular flexibility index (Phi) is 4.45. The van der Waals surface area contributed by atoms with Gasteiger partial charge < -0.3 is 5.73 Å². The number of anilines is 1. The molecule has 2 N–H and O–H groups in total. The Balaban J connectivity index is 1.99. The minimum atomic E-state index is 0.418. The van der Waals surface area contributed by atoms with Gasteiger partial charge in [-0.3, -0.25) is 9.47 Å². The highest BCUT2D eigenvalue weighted by atomic mass is 15.2. The number of likely N-dealkylation sites (tertiary alicyclic amines) is 1. The van der Waals surface area contributed by atoms with Crippen LogP contribution in [0.1, 0.15) is 19.8 Å². The molecular formula is C18H21N5. The van der Waals surface area contributed by atoms with Gasteiger partial charge in [-0.15, -0.1) is 6.42 Å². The fraction of sp³-hybridized carbons (Fsp3) is 0.333. The lowest BCUT2D eigenvalue weighted by atomic mass is 10.2. The van der Waals surface area contributed by atoms with Crippen molar-refractivity contribution < 1.29 is 0 Å². The van der Waals surface area contributed by atoms with Gasteiger partial charge in [0.25, 0.3) is 0 Å². The molecule has 0 amide bonds. The standard InChI is InChI=1S/C18H21N5/c1-3-11-20-17(10-13-22-12-6-7-14(22)2)23-16-9-5-4-8-15(16)21-18(23)19/h1,4-5,8-11,14H,6-7,12-13H2,2H3,(H2,19,21)/b17-10+,20-11-. The zero-order valence-electron chi connectivity index (χ0n) is 13.3. The first kappa shape index (κ1) is 15.3. The topological polar surface area (TPSA) is 59.4 Å². The van der Waals surface area contributed by atoms with E-state index in [1.54, 1.807) is 0 Å². The van der Waals surface area contributed by atoms with Gasteiger partial charge in [0.1, 0.15) is 5.82 Å². The molecule has 0 aliphatic carbocycles. The SMILES string of the molecule is C#C/C=N\C(=C/CN1CCCC1C)n1c(N)nc2ccccc21. The van der Waals surface area contributed by atoms with Crippen molar-refractivity contribution in [2.24, 2.45) is 4.99 Å². The van der Waals surface area contributed by atoms with E-state index < -0.39 is 0 Å². The molecule has 1 fully saturated rings. The van der Waals surface area contributed by atoms with Crippen molar-refractivity contribution in [3.63, 3.8) is 0 Å². The number of nitrogen functional groups attached to an aromatic ring is 1. The molecule has 5 nitrogen and oxygen atoms in total. The molecule has 2 aromatic rings. The lowest BCUT2D eigenvalue weighted by Crippen LogP contribution is -2.27. The Morgan fingerprint density at radius 1 is 1.52 bits per heavy atom. The number of rotatable bonds is 4. The molecule has 1 aromatic carbocycles. The number of benzene rings is 1. The molecule has 0 bridgehead atoms. The highest BCUT2D eigenvalue weighted by Gasteiger charge is 2.19. The molecule has 0 radical (unpaired) electrons. The minimum absolute atomic E-state index is 0.418. The lowest BCUT2D eigenvalue weighted by molar-refractivity contribution is 0.298. The number of para-hydroxylation sites is 2. The summed E-state index contributed by atoms with van der Waals surface area (Å²) in [6, 6.07) is 8.43. The van der Waals surface area contributed by atoms with Crippen LogP contribution in [-0.2, 0) is 0 Å².